The van der Waals surface area contributed by atoms with E-state index in [9.17, 15) is 0 Å². The molecule has 1 aromatic heterocycles. The molecule has 1 fully saturated rings. The van der Waals surface area contributed by atoms with Gasteiger partial charge in [0.15, 0.2) is 5.82 Å². The van der Waals surface area contributed by atoms with Crippen LogP contribution < -0.4 is 5.73 Å². The zero-order valence-electron chi connectivity index (χ0n) is 12.0. The largest absolute Gasteiger partial charge is 0.327 e. The van der Waals surface area contributed by atoms with Crippen LogP contribution in [0, 0.1) is 0 Å². The minimum atomic E-state index is 0.212. The van der Waals surface area contributed by atoms with Crippen molar-refractivity contribution >= 4 is 0 Å². The fourth-order valence-corrected chi connectivity index (χ4v) is 3.09. The van der Waals surface area contributed by atoms with Crippen LogP contribution in [0.2, 0.25) is 0 Å². The van der Waals surface area contributed by atoms with Gasteiger partial charge in [0.25, 0.3) is 0 Å². The third kappa shape index (κ3) is 2.61. The predicted octanol–water partition coefficient (Wildman–Crippen LogP) is 2.86. The number of aromatic nitrogens is 3. The van der Waals surface area contributed by atoms with Crippen molar-refractivity contribution in [3.63, 3.8) is 0 Å². The van der Waals surface area contributed by atoms with Gasteiger partial charge in [-0.1, -0.05) is 49.6 Å². The van der Waals surface area contributed by atoms with Crippen LogP contribution in [0.15, 0.2) is 30.3 Å². The SMILES string of the molecule is Cn1nc(-c2ccccc2)nc1C1CCCCCC1N. The van der Waals surface area contributed by atoms with E-state index in [1.807, 2.05) is 42.1 Å². The molecule has 1 aliphatic carbocycles. The van der Waals surface area contributed by atoms with Crippen LogP contribution in [0.1, 0.15) is 43.8 Å². The summed E-state index contributed by atoms with van der Waals surface area (Å²) in [6.45, 7) is 0. The number of benzene rings is 1. The standard InChI is InChI=1S/C16H22N4/c1-20-16(13-10-6-3-7-11-14(13)17)18-15(19-20)12-8-4-2-5-9-12/h2,4-5,8-9,13-14H,3,6-7,10-11,17H2,1H3. The Morgan fingerprint density at radius 3 is 2.65 bits per heavy atom. The fraction of sp³-hybridized carbons (Fsp3) is 0.500. The molecule has 2 atom stereocenters. The molecule has 2 aromatic rings. The molecule has 1 saturated carbocycles. The Bertz CT molecular complexity index is 561. The minimum absolute atomic E-state index is 0.212. The van der Waals surface area contributed by atoms with Gasteiger partial charge in [0.2, 0.25) is 0 Å². The topological polar surface area (TPSA) is 56.7 Å². The average Bonchev–Trinajstić information content (AvgIpc) is 2.72. The van der Waals surface area contributed by atoms with Crippen molar-refractivity contribution in [2.45, 2.75) is 44.1 Å². The molecule has 0 radical (unpaired) electrons. The molecule has 2 unspecified atom stereocenters. The summed E-state index contributed by atoms with van der Waals surface area (Å²) in [4.78, 5) is 4.77. The maximum absolute atomic E-state index is 6.35. The van der Waals surface area contributed by atoms with E-state index < -0.39 is 0 Å². The molecular weight excluding hydrogens is 248 g/mol. The first kappa shape index (κ1) is 13.3. The number of hydrogen-bond donors (Lipinski definition) is 1. The second-order valence-corrected chi connectivity index (χ2v) is 5.69. The Kier molecular flexibility index (Phi) is 3.83. The lowest BCUT2D eigenvalue weighted by atomic mass is 9.95. The molecule has 0 bridgehead atoms. The van der Waals surface area contributed by atoms with Gasteiger partial charge in [0.05, 0.1) is 0 Å². The number of rotatable bonds is 2. The Labute approximate surface area is 120 Å². The molecule has 0 aliphatic heterocycles. The van der Waals surface area contributed by atoms with Gasteiger partial charge in [-0.2, -0.15) is 5.10 Å². The summed E-state index contributed by atoms with van der Waals surface area (Å²) < 4.78 is 1.91. The highest BCUT2D eigenvalue weighted by Gasteiger charge is 2.26. The first-order chi connectivity index (χ1) is 9.75. The second-order valence-electron chi connectivity index (χ2n) is 5.69. The monoisotopic (exact) mass is 270 g/mol. The van der Waals surface area contributed by atoms with E-state index in [2.05, 4.69) is 5.10 Å². The summed E-state index contributed by atoms with van der Waals surface area (Å²) >= 11 is 0. The highest BCUT2D eigenvalue weighted by atomic mass is 15.3. The number of aryl methyl sites for hydroxylation is 1. The maximum atomic E-state index is 6.35. The molecule has 0 amide bonds. The third-order valence-corrected chi connectivity index (χ3v) is 4.23. The average molecular weight is 270 g/mol. The maximum Gasteiger partial charge on any atom is 0.181 e. The highest BCUT2D eigenvalue weighted by Crippen LogP contribution is 2.30. The molecule has 4 heteroatoms. The molecule has 0 saturated heterocycles. The molecule has 0 spiro atoms. The van der Waals surface area contributed by atoms with Gasteiger partial charge in [-0.3, -0.25) is 4.68 Å². The lowest BCUT2D eigenvalue weighted by Gasteiger charge is -2.19. The predicted molar refractivity (Wildman–Crippen MR) is 80.2 cm³/mol. The summed E-state index contributed by atoms with van der Waals surface area (Å²) in [6, 6.07) is 10.3. The molecule has 1 aliphatic rings. The first-order valence-electron chi connectivity index (χ1n) is 7.47. The number of hydrogen-bond acceptors (Lipinski definition) is 3. The van der Waals surface area contributed by atoms with Gasteiger partial charge < -0.3 is 5.73 Å². The molecule has 3 rings (SSSR count). The zero-order valence-corrected chi connectivity index (χ0v) is 12.0. The van der Waals surface area contributed by atoms with Crippen molar-refractivity contribution in [3.05, 3.63) is 36.2 Å². The van der Waals surface area contributed by atoms with Crippen LogP contribution in [-0.2, 0) is 7.05 Å². The third-order valence-electron chi connectivity index (χ3n) is 4.23. The van der Waals surface area contributed by atoms with Crippen LogP contribution >= 0.6 is 0 Å². The van der Waals surface area contributed by atoms with E-state index in [-0.39, 0.29) is 6.04 Å². The highest BCUT2D eigenvalue weighted by molar-refractivity contribution is 5.54. The lowest BCUT2D eigenvalue weighted by Crippen LogP contribution is -2.29. The second kappa shape index (κ2) is 5.75. The smallest absolute Gasteiger partial charge is 0.181 e. The molecule has 2 N–H and O–H groups in total. The van der Waals surface area contributed by atoms with E-state index in [0.717, 1.165) is 30.1 Å². The van der Waals surface area contributed by atoms with Crippen molar-refractivity contribution in [2.24, 2.45) is 12.8 Å². The minimum Gasteiger partial charge on any atom is -0.327 e. The number of nitrogens with two attached hydrogens (primary N) is 1. The van der Waals surface area contributed by atoms with Crippen molar-refractivity contribution in [2.75, 3.05) is 0 Å². The van der Waals surface area contributed by atoms with Crippen molar-refractivity contribution < 1.29 is 0 Å². The molecule has 1 heterocycles. The Hall–Kier alpha value is -1.68. The van der Waals surface area contributed by atoms with Crippen LogP contribution in [0.5, 0.6) is 0 Å². The fourth-order valence-electron chi connectivity index (χ4n) is 3.09. The van der Waals surface area contributed by atoms with Gasteiger partial charge in [-0.05, 0) is 12.8 Å². The van der Waals surface area contributed by atoms with Gasteiger partial charge in [0.1, 0.15) is 5.82 Å². The van der Waals surface area contributed by atoms with Gasteiger partial charge in [0, 0.05) is 24.6 Å². The molecule has 1 aromatic carbocycles. The first-order valence-corrected chi connectivity index (χ1v) is 7.47. The summed E-state index contributed by atoms with van der Waals surface area (Å²) in [7, 11) is 1.98. The van der Waals surface area contributed by atoms with Gasteiger partial charge in [-0.25, -0.2) is 4.98 Å². The summed E-state index contributed by atoms with van der Waals surface area (Å²) in [6.07, 6.45) is 5.99. The van der Waals surface area contributed by atoms with Gasteiger partial charge in [-0.15, -0.1) is 0 Å². The van der Waals surface area contributed by atoms with Crippen LogP contribution in [-0.4, -0.2) is 20.8 Å². The molecule has 106 valence electrons. The Balaban J connectivity index is 1.92. The van der Waals surface area contributed by atoms with E-state index in [1.54, 1.807) is 0 Å². The summed E-state index contributed by atoms with van der Waals surface area (Å²) in [5.41, 5.74) is 7.41. The van der Waals surface area contributed by atoms with E-state index >= 15 is 0 Å². The van der Waals surface area contributed by atoms with E-state index in [4.69, 9.17) is 10.7 Å². The van der Waals surface area contributed by atoms with Crippen molar-refractivity contribution in [3.8, 4) is 11.4 Å². The zero-order chi connectivity index (χ0) is 13.9. The van der Waals surface area contributed by atoms with Crippen LogP contribution in [0.3, 0.4) is 0 Å². The summed E-state index contributed by atoms with van der Waals surface area (Å²) in [5.74, 6) is 2.19. The normalized spacial score (nSPS) is 23.5. The summed E-state index contributed by atoms with van der Waals surface area (Å²) in [5, 5.41) is 4.57. The van der Waals surface area contributed by atoms with Crippen molar-refractivity contribution in [1.82, 2.24) is 14.8 Å². The van der Waals surface area contributed by atoms with E-state index in [1.165, 1.54) is 19.3 Å². The van der Waals surface area contributed by atoms with Gasteiger partial charge >= 0.3 is 0 Å². The Morgan fingerprint density at radius 2 is 1.85 bits per heavy atom. The van der Waals surface area contributed by atoms with Crippen LogP contribution in [0.25, 0.3) is 11.4 Å². The van der Waals surface area contributed by atoms with Crippen molar-refractivity contribution in [1.29, 1.82) is 0 Å². The molecule has 20 heavy (non-hydrogen) atoms. The van der Waals surface area contributed by atoms with E-state index in [0.29, 0.717) is 5.92 Å². The van der Waals surface area contributed by atoms with Crippen LogP contribution in [0.4, 0.5) is 0 Å². The Morgan fingerprint density at radius 1 is 1.10 bits per heavy atom. The molecule has 4 nitrogen and oxygen atoms in total. The molecular formula is C16H22N4. The number of nitrogens with zero attached hydrogens (tertiary/aromatic N) is 3. The lowest BCUT2D eigenvalue weighted by molar-refractivity contribution is 0.465. The quantitative estimate of drug-likeness (QED) is 0.854.